The topological polar surface area (TPSA) is 79.7 Å². The molecule has 1 atom stereocenters. The van der Waals surface area contributed by atoms with E-state index in [4.69, 9.17) is 4.74 Å². The van der Waals surface area contributed by atoms with Gasteiger partial charge in [0, 0.05) is 26.2 Å². The van der Waals surface area contributed by atoms with E-state index in [1.165, 1.54) is 4.90 Å². The van der Waals surface area contributed by atoms with E-state index >= 15 is 0 Å². The summed E-state index contributed by atoms with van der Waals surface area (Å²) in [5.41, 5.74) is 1.26. The molecule has 2 aliphatic heterocycles. The molecular formula is C17H27N5O3. The number of methoxy groups -OCH3 is 1. The monoisotopic (exact) mass is 349 g/mol. The molecule has 3 rings (SSSR count). The van der Waals surface area contributed by atoms with Crippen LogP contribution >= 0.6 is 0 Å². The highest BCUT2D eigenvalue weighted by atomic mass is 16.5. The van der Waals surface area contributed by atoms with E-state index in [2.05, 4.69) is 15.3 Å². The molecule has 2 fully saturated rings. The number of rotatable bonds is 5. The molecule has 1 aromatic heterocycles. The maximum atomic E-state index is 12.3. The van der Waals surface area contributed by atoms with Gasteiger partial charge in [-0.25, -0.2) is 9.48 Å². The van der Waals surface area contributed by atoms with Crippen molar-refractivity contribution in [2.45, 2.75) is 45.2 Å². The predicted molar refractivity (Wildman–Crippen MR) is 92.4 cm³/mol. The largest absolute Gasteiger partial charge is 0.481 e. The van der Waals surface area contributed by atoms with Crippen LogP contribution < -0.4 is 10.1 Å². The van der Waals surface area contributed by atoms with Crippen molar-refractivity contribution in [3.63, 3.8) is 0 Å². The van der Waals surface area contributed by atoms with Crippen LogP contribution in [0.1, 0.15) is 44.0 Å². The van der Waals surface area contributed by atoms with Gasteiger partial charge in [-0.3, -0.25) is 14.6 Å². The Hall–Kier alpha value is -2.09. The fourth-order valence-corrected chi connectivity index (χ4v) is 3.95. The van der Waals surface area contributed by atoms with Crippen molar-refractivity contribution < 1.29 is 14.3 Å². The van der Waals surface area contributed by atoms with E-state index in [-0.39, 0.29) is 18.0 Å². The maximum absolute atomic E-state index is 12.3. The maximum Gasteiger partial charge on any atom is 0.325 e. The first-order valence-corrected chi connectivity index (χ1v) is 8.72. The quantitative estimate of drug-likeness (QED) is 0.808. The fraction of sp³-hybridized carbons (Fsp3) is 0.706. The second kappa shape index (κ2) is 6.33. The van der Waals surface area contributed by atoms with Gasteiger partial charge < -0.3 is 10.1 Å². The summed E-state index contributed by atoms with van der Waals surface area (Å²) in [5.74, 6) is 0.619. The number of nitrogens with zero attached hydrogens (tertiary/aromatic N) is 4. The van der Waals surface area contributed by atoms with Gasteiger partial charge in [0.05, 0.1) is 18.4 Å². The molecule has 0 spiro atoms. The van der Waals surface area contributed by atoms with E-state index in [0.717, 1.165) is 36.5 Å². The molecule has 1 aromatic rings. The lowest BCUT2D eigenvalue weighted by molar-refractivity contribution is -0.130. The number of aromatic nitrogens is 2. The van der Waals surface area contributed by atoms with Crippen molar-refractivity contribution >= 4 is 11.9 Å². The molecule has 3 heterocycles. The average molecular weight is 349 g/mol. The van der Waals surface area contributed by atoms with Gasteiger partial charge in [0.25, 0.3) is 5.91 Å². The van der Waals surface area contributed by atoms with Gasteiger partial charge in [0.2, 0.25) is 5.88 Å². The van der Waals surface area contributed by atoms with Crippen molar-refractivity contribution in [1.82, 2.24) is 24.9 Å². The highest BCUT2D eigenvalue weighted by Crippen LogP contribution is 2.38. The van der Waals surface area contributed by atoms with Crippen molar-refractivity contribution in [1.29, 1.82) is 0 Å². The molecule has 0 aromatic carbocycles. The molecule has 2 aliphatic rings. The third-order valence-electron chi connectivity index (χ3n) is 5.16. The van der Waals surface area contributed by atoms with Gasteiger partial charge in [-0.15, -0.1) is 0 Å². The van der Waals surface area contributed by atoms with Gasteiger partial charge in [-0.1, -0.05) is 0 Å². The number of likely N-dealkylation sites (tertiary alicyclic amines) is 1. The summed E-state index contributed by atoms with van der Waals surface area (Å²) in [7, 11) is 3.54. The van der Waals surface area contributed by atoms with Crippen molar-refractivity contribution in [2.24, 2.45) is 7.05 Å². The van der Waals surface area contributed by atoms with Crippen molar-refractivity contribution in [3.8, 4) is 5.88 Å². The summed E-state index contributed by atoms with van der Waals surface area (Å²) in [4.78, 5) is 28.0. The lowest BCUT2D eigenvalue weighted by Crippen LogP contribution is -2.41. The number of urea groups is 1. The summed E-state index contributed by atoms with van der Waals surface area (Å²) < 4.78 is 7.31. The van der Waals surface area contributed by atoms with Crippen LogP contribution in [0.4, 0.5) is 4.79 Å². The van der Waals surface area contributed by atoms with E-state index < -0.39 is 5.54 Å². The summed E-state index contributed by atoms with van der Waals surface area (Å²) in [6.45, 7) is 7.44. The minimum Gasteiger partial charge on any atom is -0.481 e. The fourth-order valence-electron chi connectivity index (χ4n) is 3.95. The van der Waals surface area contributed by atoms with Gasteiger partial charge in [-0.05, 0) is 40.2 Å². The number of nitrogens with one attached hydrogen (secondary N) is 1. The van der Waals surface area contributed by atoms with Crippen LogP contribution in [0.2, 0.25) is 0 Å². The van der Waals surface area contributed by atoms with Gasteiger partial charge in [0.15, 0.2) is 0 Å². The van der Waals surface area contributed by atoms with Crippen LogP contribution in [-0.4, -0.2) is 63.8 Å². The average Bonchev–Trinajstić information content (AvgIpc) is 3.14. The second-order valence-electron chi connectivity index (χ2n) is 7.34. The van der Waals surface area contributed by atoms with Gasteiger partial charge in [0.1, 0.15) is 5.54 Å². The molecule has 2 saturated heterocycles. The lowest BCUT2D eigenvalue weighted by Gasteiger charge is -2.26. The highest BCUT2D eigenvalue weighted by Gasteiger charge is 2.44. The van der Waals surface area contributed by atoms with Crippen LogP contribution in [0.5, 0.6) is 5.88 Å². The third-order valence-corrected chi connectivity index (χ3v) is 5.16. The van der Waals surface area contributed by atoms with Crippen molar-refractivity contribution in [3.05, 3.63) is 11.3 Å². The first-order valence-electron chi connectivity index (χ1n) is 8.72. The molecule has 8 heteroatoms. The molecule has 25 heavy (non-hydrogen) atoms. The zero-order valence-corrected chi connectivity index (χ0v) is 15.6. The van der Waals surface area contributed by atoms with Crippen molar-refractivity contribution in [2.75, 3.05) is 26.7 Å². The lowest BCUT2D eigenvalue weighted by atomic mass is 10.0. The van der Waals surface area contributed by atoms with Crippen LogP contribution in [0.15, 0.2) is 0 Å². The Morgan fingerprint density at radius 2 is 2.04 bits per heavy atom. The first kappa shape index (κ1) is 17.7. The molecule has 1 N–H and O–H groups in total. The second-order valence-corrected chi connectivity index (χ2v) is 7.34. The number of carbonyl (C=O) groups excluding carboxylic acids is 2. The Labute approximate surface area is 148 Å². The first-order chi connectivity index (χ1) is 11.8. The Morgan fingerprint density at radius 1 is 1.32 bits per heavy atom. The molecule has 0 aliphatic carbocycles. The summed E-state index contributed by atoms with van der Waals surface area (Å²) >= 11 is 0. The smallest absolute Gasteiger partial charge is 0.325 e. The Kier molecular flexibility index (Phi) is 4.49. The Bertz CT molecular complexity index is 697. The standard InChI is InChI=1S/C17H27N5O3/c1-11-13(14(25-5)20(4)19-11)12-7-6-8-21(12)9-10-22-15(23)17(2,3)18-16(22)24/h12H,6-10H2,1-5H3,(H,18,24)/t12-/m0/s1. The number of hydrogen-bond acceptors (Lipinski definition) is 5. The number of hydrogen-bond donors (Lipinski definition) is 1. The van der Waals surface area contributed by atoms with Gasteiger partial charge in [-0.2, -0.15) is 5.10 Å². The van der Waals surface area contributed by atoms with E-state index in [9.17, 15) is 9.59 Å². The van der Waals surface area contributed by atoms with E-state index in [0.29, 0.717) is 13.1 Å². The molecule has 8 nitrogen and oxygen atoms in total. The molecule has 3 amide bonds. The van der Waals surface area contributed by atoms with E-state index in [1.54, 1.807) is 25.6 Å². The summed E-state index contributed by atoms with van der Waals surface area (Å²) in [6, 6.07) is -0.0988. The number of aryl methyl sites for hydroxylation is 2. The molecule has 0 unspecified atom stereocenters. The third kappa shape index (κ3) is 2.99. The van der Waals surface area contributed by atoms with Crippen LogP contribution in [-0.2, 0) is 11.8 Å². The molecule has 0 saturated carbocycles. The normalized spacial score (nSPS) is 23.4. The van der Waals surface area contributed by atoms with Gasteiger partial charge >= 0.3 is 6.03 Å². The summed E-state index contributed by atoms with van der Waals surface area (Å²) in [5, 5.41) is 7.21. The number of ether oxygens (including phenoxy) is 1. The minimum absolute atomic E-state index is 0.164. The molecule has 138 valence electrons. The zero-order valence-electron chi connectivity index (χ0n) is 15.6. The number of imide groups is 1. The Morgan fingerprint density at radius 3 is 2.64 bits per heavy atom. The number of amides is 3. The molecular weight excluding hydrogens is 322 g/mol. The van der Waals surface area contributed by atoms with Crippen LogP contribution in [0.3, 0.4) is 0 Å². The highest BCUT2D eigenvalue weighted by molar-refractivity contribution is 6.06. The zero-order chi connectivity index (χ0) is 18.4. The molecule has 0 radical (unpaired) electrons. The van der Waals surface area contributed by atoms with Crippen LogP contribution in [0.25, 0.3) is 0 Å². The van der Waals surface area contributed by atoms with Crippen LogP contribution in [0, 0.1) is 6.92 Å². The number of carbonyl (C=O) groups is 2. The summed E-state index contributed by atoms with van der Waals surface area (Å²) in [6.07, 6.45) is 2.10. The van der Waals surface area contributed by atoms with E-state index in [1.807, 2.05) is 14.0 Å². The minimum atomic E-state index is -0.815. The predicted octanol–water partition coefficient (Wildman–Crippen LogP) is 1.20. The molecule has 0 bridgehead atoms. The SMILES string of the molecule is COc1c([C@@H]2CCCN2CCN2C(=O)NC(C)(C)C2=O)c(C)nn1C. The Balaban J connectivity index is 1.73.